The first-order chi connectivity index (χ1) is 15.6. The smallest absolute Gasteiger partial charge is 0.407 e. The van der Waals surface area contributed by atoms with Crippen molar-refractivity contribution < 1.29 is 29.0 Å². The van der Waals surface area contributed by atoms with Crippen LogP contribution < -0.4 is 5.32 Å². The first kappa shape index (κ1) is 24.3. The zero-order chi connectivity index (χ0) is 24.0. The molecule has 176 valence electrons. The Hall–Kier alpha value is -3.35. The van der Waals surface area contributed by atoms with Crippen molar-refractivity contribution in [1.82, 2.24) is 5.32 Å². The predicted molar refractivity (Wildman–Crippen MR) is 124 cm³/mol. The van der Waals surface area contributed by atoms with Gasteiger partial charge in [0.05, 0.1) is 0 Å². The maximum atomic E-state index is 12.6. The number of fused-ring (bicyclic) bond motifs is 3. The van der Waals surface area contributed by atoms with Crippen molar-refractivity contribution in [1.29, 1.82) is 0 Å². The number of carboxylic acid groups (broad SMARTS) is 1. The lowest BCUT2D eigenvalue weighted by Gasteiger charge is -2.22. The summed E-state index contributed by atoms with van der Waals surface area (Å²) >= 11 is 0. The lowest BCUT2D eigenvalue weighted by atomic mass is 9.98. The van der Waals surface area contributed by atoms with Gasteiger partial charge in [0, 0.05) is 24.8 Å². The molecule has 0 saturated heterocycles. The van der Waals surface area contributed by atoms with Gasteiger partial charge in [0.15, 0.2) is 0 Å². The number of nitrogens with one attached hydrogen (secondary N) is 1. The van der Waals surface area contributed by atoms with Crippen molar-refractivity contribution in [3.05, 3.63) is 59.7 Å². The van der Waals surface area contributed by atoms with Gasteiger partial charge in [-0.15, -0.1) is 0 Å². The fourth-order valence-corrected chi connectivity index (χ4v) is 4.08. The van der Waals surface area contributed by atoms with Crippen molar-refractivity contribution in [3.8, 4) is 11.1 Å². The van der Waals surface area contributed by atoms with Crippen LogP contribution in [0.15, 0.2) is 48.5 Å². The average molecular weight is 454 g/mol. The molecule has 1 aliphatic carbocycles. The van der Waals surface area contributed by atoms with E-state index in [9.17, 15) is 14.4 Å². The van der Waals surface area contributed by atoms with E-state index in [1.807, 2.05) is 36.4 Å². The third-order valence-corrected chi connectivity index (χ3v) is 5.49. The minimum Gasteiger partial charge on any atom is -0.481 e. The standard InChI is InChI=1S/C26H31NO6/c1-26(2,3)33-24(30)15-13-17(12-14-23(28)29)27-25(31)32-16-22-20-10-6-4-8-18(20)19-9-5-7-11-21(19)22/h4-11,17,22H,12-16H2,1-3H3,(H,27,31)(H,28,29). The number of ether oxygens (including phenoxy) is 2. The zero-order valence-electron chi connectivity index (χ0n) is 19.3. The lowest BCUT2D eigenvalue weighted by Crippen LogP contribution is -2.37. The van der Waals surface area contributed by atoms with Gasteiger partial charge in [-0.1, -0.05) is 48.5 Å². The topological polar surface area (TPSA) is 102 Å². The molecule has 2 N–H and O–H groups in total. The molecule has 0 heterocycles. The van der Waals surface area contributed by atoms with Crippen LogP contribution in [0.25, 0.3) is 11.1 Å². The van der Waals surface area contributed by atoms with E-state index in [-0.39, 0.29) is 38.2 Å². The molecule has 0 bridgehead atoms. The molecule has 0 fully saturated rings. The molecule has 1 aliphatic rings. The quantitative estimate of drug-likeness (QED) is 0.525. The molecule has 2 aromatic rings. The van der Waals surface area contributed by atoms with Gasteiger partial charge in [-0.3, -0.25) is 9.59 Å². The zero-order valence-corrected chi connectivity index (χ0v) is 19.3. The van der Waals surface area contributed by atoms with Crippen molar-refractivity contribution in [3.63, 3.8) is 0 Å². The van der Waals surface area contributed by atoms with E-state index in [4.69, 9.17) is 14.6 Å². The number of carboxylic acids is 1. The summed E-state index contributed by atoms with van der Waals surface area (Å²) < 4.78 is 10.9. The molecule has 0 aliphatic heterocycles. The summed E-state index contributed by atoms with van der Waals surface area (Å²) in [5.74, 6) is -1.42. The van der Waals surface area contributed by atoms with E-state index in [1.54, 1.807) is 20.8 Å². The molecular weight excluding hydrogens is 422 g/mol. The number of rotatable bonds is 9. The summed E-state index contributed by atoms with van der Waals surface area (Å²) in [5, 5.41) is 11.8. The third-order valence-electron chi connectivity index (χ3n) is 5.49. The molecule has 0 saturated carbocycles. The molecule has 1 atom stereocenters. The Morgan fingerprint density at radius 2 is 1.48 bits per heavy atom. The number of alkyl carbamates (subject to hydrolysis) is 1. The van der Waals surface area contributed by atoms with E-state index in [1.165, 1.54) is 0 Å². The number of carbonyl (C=O) groups excluding carboxylic acids is 2. The Balaban J connectivity index is 1.59. The molecule has 1 unspecified atom stereocenters. The summed E-state index contributed by atoms with van der Waals surface area (Å²) in [4.78, 5) is 35.6. The van der Waals surface area contributed by atoms with Crippen LogP contribution >= 0.6 is 0 Å². The lowest BCUT2D eigenvalue weighted by molar-refractivity contribution is -0.155. The Morgan fingerprint density at radius 1 is 0.939 bits per heavy atom. The van der Waals surface area contributed by atoms with E-state index in [2.05, 4.69) is 17.4 Å². The average Bonchev–Trinajstić information content (AvgIpc) is 3.07. The maximum Gasteiger partial charge on any atom is 0.407 e. The fraction of sp³-hybridized carbons (Fsp3) is 0.423. The predicted octanol–water partition coefficient (Wildman–Crippen LogP) is 4.88. The largest absolute Gasteiger partial charge is 0.481 e. The van der Waals surface area contributed by atoms with Crippen molar-refractivity contribution in [2.24, 2.45) is 0 Å². The number of esters is 1. The minimum absolute atomic E-state index is 0.0672. The Morgan fingerprint density at radius 3 is 2.03 bits per heavy atom. The highest BCUT2D eigenvalue weighted by Gasteiger charge is 2.29. The molecule has 1 amide bonds. The van der Waals surface area contributed by atoms with Crippen LogP contribution in [0.5, 0.6) is 0 Å². The van der Waals surface area contributed by atoms with Crippen LogP contribution in [-0.2, 0) is 19.1 Å². The van der Waals surface area contributed by atoms with Crippen LogP contribution in [-0.4, -0.2) is 41.4 Å². The normalized spacial score (nSPS) is 13.5. The van der Waals surface area contributed by atoms with Crippen molar-refractivity contribution in [2.75, 3.05) is 6.61 Å². The van der Waals surface area contributed by atoms with Gasteiger partial charge in [-0.25, -0.2) is 4.79 Å². The summed E-state index contributed by atoms with van der Waals surface area (Å²) in [7, 11) is 0. The van der Waals surface area contributed by atoms with Crippen LogP contribution in [0, 0.1) is 0 Å². The highest BCUT2D eigenvalue weighted by Crippen LogP contribution is 2.44. The number of benzene rings is 2. The molecule has 33 heavy (non-hydrogen) atoms. The van der Waals surface area contributed by atoms with Gasteiger partial charge in [0.25, 0.3) is 0 Å². The second-order valence-electron chi connectivity index (χ2n) is 9.22. The highest BCUT2D eigenvalue weighted by molar-refractivity contribution is 5.79. The third kappa shape index (κ3) is 6.81. The van der Waals surface area contributed by atoms with E-state index >= 15 is 0 Å². The van der Waals surface area contributed by atoms with E-state index in [0.29, 0.717) is 0 Å². The number of hydrogen-bond donors (Lipinski definition) is 2. The molecule has 0 aromatic heterocycles. The number of carbonyl (C=O) groups is 3. The van der Waals surface area contributed by atoms with Crippen LogP contribution in [0.3, 0.4) is 0 Å². The van der Waals surface area contributed by atoms with Gasteiger partial charge in [-0.05, 0) is 55.9 Å². The Labute approximate surface area is 194 Å². The molecule has 3 rings (SSSR count). The monoisotopic (exact) mass is 453 g/mol. The van der Waals surface area contributed by atoms with Crippen molar-refractivity contribution in [2.45, 2.75) is 64.0 Å². The van der Waals surface area contributed by atoms with Gasteiger partial charge in [0.2, 0.25) is 0 Å². The van der Waals surface area contributed by atoms with Gasteiger partial charge >= 0.3 is 18.0 Å². The second kappa shape index (κ2) is 10.5. The molecule has 7 heteroatoms. The SMILES string of the molecule is CC(C)(C)OC(=O)CCC(CCC(=O)O)NC(=O)OCC1c2ccccc2-c2ccccc21. The number of amides is 1. The summed E-state index contributed by atoms with van der Waals surface area (Å²) in [6, 6.07) is 15.6. The minimum atomic E-state index is -0.966. The summed E-state index contributed by atoms with van der Waals surface area (Å²) in [5.41, 5.74) is 3.89. The first-order valence-corrected chi connectivity index (χ1v) is 11.2. The highest BCUT2D eigenvalue weighted by atomic mass is 16.6. The van der Waals surface area contributed by atoms with E-state index < -0.39 is 29.7 Å². The summed E-state index contributed by atoms with van der Waals surface area (Å²) in [6.45, 7) is 5.50. The molecule has 7 nitrogen and oxygen atoms in total. The van der Waals surface area contributed by atoms with E-state index in [0.717, 1.165) is 22.3 Å². The Kier molecular flexibility index (Phi) is 7.74. The number of hydrogen-bond acceptors (Lipinski definition) is 5. The maximum absolute atomic E-state index is 12.6. The molecule has 2 aromatic carbocycles. The van der Waals surface area contributed by atoms with Crippen LogP contribution in [0.4, 0.5) is 4.79 Å². The van der Waals surface area contributed by atoms with Gasteiger partial charge < -0.3 is 19.9 Å². The molecular formula is C26H31NO6. The van der Waals surface area contributed by atoms with Crippen molar-refractivity contribution >= 4 is 18.0 Å². The van der Waals surface area contributed by atoms with Gasteiger partial charge in [-0.2, -0.15) is 0 Å². The molecule has 0 spiro atoms. The van der Waals surface area contributed by atoms with Crippen LogP contribution in [0.1, 0.15) is 63.5 Å². The fourth-order valence-electron chi connectivity index (χ4n) is 4.08. The second-order valence-corrected chi connectivity index (χ2v) is 9.22. The summed E-state index contributed by atoms with van der Waals surface area (Å²) in [6.07, 6.45) is -0.209. The molecule has 0 radical (unpaired) electrons. The first-order valence-electron chi connectivity index (χ1n) is 11.2. The van der Waals surface area contributed by atoms with Crippen LogP contribution in [0.2, 0.25) is 0 Å². The van der Waals surface area contributed by atoms with Gasteiger partial charge in [0.1, 0.15) is 12.2 Å². The number of aliphatic carboxylic acids is 1. The Bertz CT molecular complexity index is 964.